The van der Waals surface area contributed by atoms with E-state index in [1.165, 1.54) is 23.2 Å². The summed E-state index contributed by atoms with van der Waals surface area (Å²) in [6.45, 7) is 0. The first kappa shape index (κ1) is 24.7. The van der Waals surface area contributed by atoms with Crippen LogP contribution in [0.2, 0.25) is 0 Å². The molecule has 12 nitrogen and oxygen atoms in total. The highest BCUT2D eigenvalue weighted by molar-refractivity contribution is 5.83. The molecule has 0 atom stereocenters. The quantitative estimate of drug-likeness (QED) is 0.209. The third kappa shape index (κ3) is 5.31. The Morgan fingerprint density at radius 1 is 0.703 bits per heavy atom. The molecule has 0 saturated carbocycles. The van der Waals surface area contributed by atoms with Crippen LogP contribution in [0.15, 0.2) is 91.0 Å². The van der Waals surface area contributed by atoms with Gasteiger partial charge >= 0.3 is 11.4 Å². The molecule has 13 heteroatoms. The highest BCUT2D eigenvalue weighted by Gasteiger charge is 2.31. The summed E-state index contributed by atoms with van der Waals surface area (Å²) in [5.74, 6) is -0.509. The maximum absolute atomic E-state index is 14.3. The fourth-order valence-corrected chi connectivity index (χ4v) is 3.62. The van der Waals surface area contributed by atoms with E-state index in [9.17, 15) is 34.7 Å². The summed E-state index contributed by atoms with van der Waals surface area (Å²) in [6.07, 6.45) is 0. The lowest BCUT2D eigenvalue weighted by Gasteiger charge is -2.28. The van der Waals surface area contributed by atoms with Crippen LogP contribution in [0.4, 0.5) is 38.5 Å². The summed E-state index contributed by atoms with van der Waals surface area (Å²) >= 11 is 0. The van der Waals surface area contributed by atoms with Gasteiger partial charge in [0.15, 0.2) is 0 Å². The first-order chi connectivity index (χ1) is 17.8. The molecule has 4 rings (SSSR count). The van der Waals surface area contributed by atoms with Crippen LogP contribution in [0.1, 0.15) is 0 Å². The molecule has 0 aliphatic heterocycles. The summed E-state index contributed by atoms with van der Waals surface area (Å²) in [7, 11) is 0. The average Bonchev–Trinajstić information content (AvgIpc) is 2.90. The number of nitro benzene ring substituents is 3. The number of benzene rings is 4. The second kappa shape index (κ2) is 10.5. The molecule has 4 aromatic carbocycles. The number of non-ortho nitro benzene ring substituents is 1. The Morgan fingerprint density at radius 3 is 1.81 bits per heavy atom. The second-order valence-corrected chi connectivity index (χ2v) is 7.57. The minimum absolute atomic E-state index is 0.401. The molecule has 0 aromatic heterocycles. The van der Waals surface area contributed by atoms with E-state index in [0.29, 0.717) is 34.6 Å². The van der Waals surface area contributed by atoms with Crippen LogP contribution >= 0.6 is 0 Å². The second-order valence-electron chi connectivity index (χ2n) is 7.57. The van der Waals surface area contributed by atoms with Crippen LogP contribution in [0.25, 0.3) is 11.1 Å². The fraction of sp³-hybridized carbons (Fsp3) is 0. The van der Waals surface area contributed by atoms with Crippen LogP contribution in [0.3, 0.4) is 0 Å². The van der Waals surface area contributed by atoms with Gasteiger partial charge in [0.2, 0.25) is 5.69 Å². The largest absolute Gasteiger partial charge is 0.307 e. The van der Waals surface area contributed by atoms with Gasteiger partial charge in [0.05, 0.1) is 38.3 Å². The Hall–Kier alpha value is -5.43. The summed E-state index contributed by atoms with van der Waals surface area (Å²) in [4.78, 5) is 31.6. The van der Waals surface area contributed by atoms with Crippen LogP contribution in [-0.4, -0.2) is 14.8 Å². The molecule has 0 aliphatic carbocycles. The van der Waals surface area contributed by atoms with Gasteiger partial charge in [-0.15, -0.1) is 5.53 Å². The van der Waals surface area contributed by atoms with Crippen molar-refractivity contribution >= 4 is 34.1 Å². The summed E-state index contributed by atoms with van der Waals surface area (Å²) in [6, 6.07) is 22.7. The van der Waals surface area contributed by atoms with E-state index in [0.717, 1.165) is 0 Å². The number of hydrogen-bond donors (Lipinski definition) is 2. The predicted octanol–water partition coefficient (Wildman–Crippen LogP) is 5.89. The van der Waals surface area contributed by atoms with Gasteiger partial charge in [0, 0.05) is 5.56 Å². The number of rotatable bonds is 9. The zero-order chi connectivity index (χ0) is 26.5. The highest BCUT2D eigenvalue weighted by Crippen LogP contribution is 2.39. The molecule has 37 heavy (non-hydrogen) atoms. The third-order valence-corrected chi connectivity index (χ3v) is 5.28. The van der Waals surface area contributed by atoms with Crippen molar-refractivity contribution in [3.63, 3.8) is 0 Å². The summed E-state index contributed by atoms with van der Waals surface area (Å²) in [5, 5.41) is 35.9. The summed E-state index contributed by atoms with van der Waals surface area (Å²) < 4.78 is 14.3. The zero-order valence-corrected chi connectivity index (χ0v) is 18.8. The van der Waals surface area contributed by atoms with Crippen molar-refractivity contribution in [3.8, 4) is 11.1 Å². The number of hydrazine groups is 2. The molecule has 0 unspecified atom stereocenters. The van der Waals surface area contributed by atoms with E-state index in [2.05, 4.69) is 11.0 Å². The maximum atomic E-state index is 14.3. The number of anilines is 3. The Kier molecular flexibility index (Phi) is 6.97. The van der Waals surface area contributed by atoms with Gasteiger partial charge in [-0.05, 0) is 35.9 Å². The number of nitrogens with zero attached hydrogens (tertiary/aromatic N) is 4. The molecular weight excluding hydrogens is 487 g/mol. The van der Waals surface area contributed by atoms with E-state index in [4.69, 9.17) is 0 Å². The van der Waals surface area contributed by atoms with E-state index < -0.39 is 43.3 Å². The normalized spacial score (nSPS) is 10.5. The Morgan fingerprint density at radius 2 is 1.27 bits per heavy atom. The van der Waals surface area contributed by atoms with Crippen LogP contribution < -0.4 is 16.0 Å². The standard InChI is InChI=1S/C24H17FN6O6/c25-17-11-12-21(20(13-17)16-7-3-1-4-8-16)28(18-9-5-2-6-10-18)27-26-24-22(30(34)35)14-19(29(32)33)15-23(24)31(36)37/h1-15,26-27H. The lowest BCUT2D eigenvalue weighted by atomic mass is 10.0. The average molecular weight is 504 g/mol. The molecule has 4 aromatic rings. The molecule has 0 saturated heterocycles. The molecule has 0 fully saturated rings. The lowest BCUT2D eigenvalue weighted by Crippen LogP contribution is -2.39. The van der Waals surface area contributed by atoms with Crippen molar-refractivity contribution in [1.29, 1.82) is 0 Å². The van der Waals surface area contributed by atoms with E-state index in [-0.39, 0.29) is 0 Å². The van der Waals surface area contributed by atoms with Crippen molar-refractivity contribution < 1.29 is 19.2 Å². The van der Waals surface area contributed by atoms with Crippen molar-refractivity contribution in [2.45, 2.75) is 0 Å². The monoisotopic (exact) mass is 504 g/mol. The van der Waals surface area contributed by atoms with Gasteiger partial charge in [-0.2, -0.15) is 0 Å². The van der Waals surface area contributed by atoms with Crippen LogP contribution in [0.5, 0.6) is 0 Å². The Labute approximate surface area is 208 Å². The zero-order valence-electron chi connectivity index (χ0n) is 18.8. The van der Waals surface area contributed by atoms with Gasteiger partial charge in [-0.25, -0.2) is 4.39 Å². The molecule has 2 N–H and O–H groups in total. The van der Waals surface area contributed by atoms with Crippen molar-refractivity contribution in [3.05, 3.63) is 127 Å². The highest BCUT2D eigenvalue weighted by atomic mass is 19.1. The predicted molar refractivity (Wildman–Crippen MR) is 134 cm³/mol. The molecule has 186 valence electrons. The number of halogens is 1. The summed E-state index contributed by atoms with van der Waals surface area (Å²) in [5.41, 5.74) is 4.01. The van der Waals surface area contributed by atoms with Crippen molar-refractivity contribution in [2.24, 2.45) is 0 Å². The first-order valence-corrected chi connectivity index (χ1v) is 10.6. The third-order valence-electron chi connectivity index (χ3n) is 5.28. The van der Waals surface area contributed by atoms with Gasteiger partial charge in [-0.1, -0.05) is 48.5 Å². The van der Waals surface area contributed by atoms with Crippen molar-refractivity contribution in [2.75, 3.05) is 10.4 Å². The molecular formula is C24H17FN6O6. The Bertz CT molecular complexity index is 1450. The number of nitrogens with one attached hydrogen (secondary N) is 2. The molecule has 0 heterocycles. The Balaban J connectivity index is 1.84. The molecule has 0 spiro atoms. The van der Waals surface area contributed by atoms with E-state index in [1.54, 1.807) is 60.7 Å². The maximum Gasteiger partial charge on any atom is 0.307 e. The molecule has 0 aliphatic rings. The van der Waals surface area contributed by atoms with Gasteiger partial charge < -0.3 is 0 Å². The first-order valence-electron chi connectivity index (χ1n) is 10.6. The minimum atomic E-state index is -0.968. The molecule has 0 bridgehead atoms. The van der Waals surface area contributed by atoms with Crippen LogP contribution in [-0.2, 0) is 0 Å². The molecule has 0 amide bonds. The van der Waals surface area contributed by atoms with E-state index >= 15 is 0 Å². The van der Waals surface area contributed by atoms with Crippen molar-refractivity contribution in [1.82, 2.24) is 5.53 Å². The molecule has 0 radical (unpaired) electrons. The minimum Gasteiger partial charge on any atom is -0.292 e. The number of para-hydroxylation sites is 1. The van der Waals surface area contributed by atoms with E-state index in [1.807, 2.05) is 0 Å². The van der Waals surface area contributed by atoms with Gasteiger partial charge in [0.1, 0.15) is 5.82 Å². The smallest absolute Gasteiger partial charge is 0.292 e. The lowest BCUT2D eigenvalue weighted by molar-refractivity contribution is -0.401. The number of nitro groups is 3. The number of hydrogen-bond acceptors (Lipinski definition) is 9. The SMILES string of the molecule is O=[N+]([O-])c1cc([N+](=O)[O-])c(NNN(c2ccccc2)c2ccc(F)cc2-c2ccccc2)c([N+](=O)[O-])c1. The fourth-order valence-electron chi connectivity index (χ4n) is 3.62. The topological polar surface area (TPSA) is 157 Å². The van der Waals surface area contributed by atoms with Gasteiger partial charge in [0.25, 0.3) is 5.69 Å². The van der Waals surface area contributed by atoms with Gasteiger partial charge in [-0.3, -0.25) is 40.8 Å². The van der Waals surface area contributed by atoms with Crippen LogP contribution in [0, 0.1) is 36.2 Å².